The highest BCUT2D eigenvalue weighted by molar-refractivity contribution is 6.30. The van der Waals surface area contributed by atoms with Crippen LogP contribution in [0.4, 0.5) is 4.39 Å². The van der Waals surface area contributed by atoms with E-state index < -0.39 is 0 Å². The topological polar surface area (TPSA) is 49.9 Å². The van der Waals surface area contributed by atoms with Crippen molar-refractivity contribution in [2.24, 2.45) is 5.92 Å². The van der Waals surface area contributed by atoms with E-state index in [1.807, 2.05) is 12.4 Å². The summed E-state index contributed by atoms with van der Waals surface area (Å²) in [5, 5.41) is 10.6. The van der Waals surface area contributed by atoms with Gasteiger partial charge < -0.3 is 10.1 Å². The van der Waals surface area contributed by atoms with Crippen LogP contribution in [0.15, 0.2) is 30.6 Å². The Hall–Kier alpha value is -1.43. The lowest BCUT2D eigenvalue weighted by Crippen LogP contribution is -2.31. The van der Waals surface area contributed by atoms with Crippen molar-refractivity contribution >= 4 is 11.6 Å². The monoisotopic (exact) mass is 323 g/mol. The van der Waals surface area contributed by atoms with Gasteiger partial charge in [0.15, 0.2) is 0 Å². The second kappa shape index (κ2) is 7.22. The lowest BCUT2D eigenvalue weighted by Gasteiger charge is -2.31. The summed E-state index contributed by atoms with van der Waals surface area (Å²) in [6, 6.07) is 4.77. The molecule has 6 heteroatoms. The first kappa shape index (κ1) is 15.5. The normalized spacial score (nSPS) is 21.9. The van der Waals surface area contributed by atoms with Crippen LogP contribution < -0.4 is 5.32 Å². The Labute approximate surface area is 134 Å². The second-order valence-corrected chi connectivity index (χ2v) is 6.03. The fourth-order valence-corrected chi connectivity index (χ4v) is 3.05. The Morgan fingerprint density at radius 2 is 2.36 bits per heavy atom. The van der Waals surface area contributed by atoms with Crippen molar-refractivity contribution in [3.8, 4) is 0 Å². The Morgan fingerprint density at radius 1 is 1.45 bits per heavy atom. The largest absolute Gasteiger partial charge is 0.373 e. The highest BCUT2D eigenvalue weighted by Crippen LogP contribution is 2.32. The smallest absolute Gasteiger partial charge is 0.129 e. The maximum absolute atomic E-state index is 13.8. The molecule has 0 unspecified atom stereocenters. The molecule has 0 bridgehead atoms. The third-order valence-electron chi connectivity index (χ3n) is 4.03. The van der Waals surface area contributed by atoms with E-state index in [-0.39, 0.29) is 11.9 Å². The number of hydrogen-bond donors (Lipinski definition) is 2. The van der Waals surface area contributed by atoms with E-state index >= 15 is 0 Å². The summed E-state index contributed by atoms with van der Waals surface area (Å²) in [6.07, 6.45) is 5.88. The number of nitrogens with zero attached hydrogens (tertiary/aromatic N) is 1. The number of H-pyrrole nitrogens is 1. The minimum Gasteiger partial charge on any atom is -0.373 e. The van der Waals surface area contributed by atoms with Gasteiger partial charge in [-0.3, -0.25) is 5.10 Å². The Kier molecular flexibility index (Phi) is 5.08. The third-order valence-corrected chi connectivity index (χ3v) is 4.26. The first-order valence-corrected chi connectivity index (χ1v) is 7.87. The van der Waals surface area contributed by atoms with E-state index in [2.05, 4.69) is 15.5 Å². The number of benzene rings is 1. The summed E-state index contributed by atoms with van der Waals surface area (Å²) in [6.45, 7) is 2.04. The number of hydrogen-bond acceptors (Lipinski definition) is 3. The highest BCUT2D eigenvalue weighted by Gasteiger charge is 2.27. The molecule has 2 aromatic rings. The summed E-state index contributed by atoms with van der Waals surface area (Å²) in [4.78, 5) is 0. The first-order valence-electron chi connectivity index (χ1n) is 7.49. The van der Waals surface area contributed by atoms with Gasteiger partial charge in [-0.15, -0.1) is 0 Å². The summed E-state index contributed by atoms with van der Waals surface area (Å²) in [5.41, 5.74) is 1.70. The van der Waals surface area contributed by atoms with Gasteiger partial charge in [-0.1, -0.05) is 17.7 Å². The zero-order valence-electron chi connectivity index (χ0n) is 12.2. The van der Waals surface area contributed by atoms with E-state index in [0.29, 0.717) is 23.0 Å². The molecule has 2 atom stereocenters. The SMILES string of the molecule is Fc1cc(Cl)ccc1CNC[C@@H]1CCCO[C@H]1c1cn[nH]c1. The Morgan fingerprint density at radius 3 is 3.14 bits per heavy atom. The van der Waals surface area contributed by atoms with Gasteiger partial charge in [0, 0.05) is 48.0 Å². The average molecular weight is 324 g/mol. The van der Waals surface area contributed by atoms with Gasteiger partial charge in [0.2, 0.25) is 0 Å². The molecule has 0 aliphatic carbocycles. The summed E-state index contributed by atoms with van der Waals surface area (Å²) < 4.78 is 19.6. The van der Waals surface area contributed by atoms with Crippen molar-refractivity contribution < 1.29 is 9.13 Å². The molecule has 1 fully saturated rings. The summed E-state index contributed by atoms with van der Waals surface area (Å²) in [5.74, 6) is 0.0907. The van der Waals surface area contributed by atoms with Crippen LogP contribution in [-0.2, 0) is 11.3 Å². The molecule has 0 amide bonds. The van der Waals surface area contributed by atoms with E-state index in [1.54, 1.807) is 12.1 Å². The number of rotatable bonds is 5. The fraction of sp³-hybridized carbons (Fsp3) is 0.438. The lowest BCUT2D eigenvalue weighted by atomic mass is 9.91. The van der Waals surface area contributed by atoms with Crippen LogP contribution in [-0.4, -0.2) is 23.3 Å². The van der Waals surface area contributed by atoms with E-state index in [4.69, 9.17) is 16.3 Å². The Balaban J connectivity index is 1.57. The molecule has 1 aromatic heterocycles. The molecule has 0 saturated carbocycles. The number of halogens is 2. The van der Waals surface area contributed by atoms with Gasteiger partial charge in [0.05, 0.1) is 12.3 Å². The van der Waals surface area contributed by atoms with Crippen molar-refractivity contribution in [2.45, 2.75) is 25.5 Å². The van der Waals surface area contributed by atoms with Crippen molar-refractivity contribution in [3.63, 3.8) is 0 Å². The van der Waals surface area contributed by atoms with Crippen LogP contribution in [0.3, 0.4) is 0 Å². The van der Waals surface area contributed by atoms with E-state index in [1.165, 1.54) is 6.07 Å². The Bertz CT molecular complexity index is 605. The molecule has 1 aliphatic rings. The highest BCUT2D eigenvalue weighted by atomic mass is 35.5. The predicted molar refractivity (Wildman–Crippen MR) is 83.1 cm³/mol. The third kappa shape index (κ3) is 3.66. The molecule has 4 nitrogen and oxygen atoms in total. The van der Waals surface area contributed by atoms with E-state index in [0.717, 1.165) is 31.6 Å². The van der Waals surface area contributed by atoms with Gasteiger partial charge in [0.1, 0.15) is 5.82 Å². The van der Waals surface area contributed by atoms with Crippen LogP contribution in [0.1, 0.15) is 30.1 Å². The molecule has 2 N–H and O–H groups in total. The molecular weight excluding hydrogens is 305 g/mol. The molecule has 0 radical (unpaired) electrons. The van der Waals surface area contributed by atoms with Gasteiger partial charge in [-0.2, -0.15) is 5.10 Å². The van der Waals surface area contributed by atoms with Crippen molar-refractivity contribution in [3.05, 3.63) is 52.6 Å². The molecule has 3 rings (SSSR count). The molecule has 1 aromatic carbocycles. The molecular formula is C16H19ClFN3O. The minimum absolute atomic E-state index is 0.0510. The van der Waals surface area contributed by atoms with Crippen molar-refractivity contribution in [1.29, 1.82) is 0 Å². The summed E-state index contributed by atoms with van der Waals surface area (Å²) in [7, 11) is 0. The molecule has 22 heavy (non-hydrogen) atoms. The fourth-order valence-electron chi connectivity index (χ4n) is 2.89. The summed E-state index contributed by atoms with van der Waals surface area (Å²) >= 11 is 5.76. The molecule has 118 valence electrons. The van der Waals surface area contributed by atoms with Crippen LogP contribution in [0, 0.1) is 11.7 Å². The van der Waals surface area contributed by atoms with Gasteiger partial charge >= 0.3 is 0 Å². The number of ether oxygens (including phenoxy) is 1. The number of nitrogens with one attached hydrogen (secondary N) is 2. The van der Waals surface area contributed by atoms with Crippen molar-refractivity contribution in [2.75, 3.05) is 13.2 Å². The molecule has 1 aliphatic heterocycles. The van der Waals surface area contributed by atoms with Crippen LogP contribution >= 0.6 is 11.6 Å². The minimum atomic E-state index is -0.272. The number of aromatic nitrogens is 2. The first-order chi connectivity index (χ1) is 10.7. The van der Waals surface area contributed by atoms with Gasteiger partial charge in [-0.25, -0.2) is 4.39 Å². The second-order valence-electron chi connectivity index (χ2n) is 5.59. The zero-order chi connectivity index (χ0) is 15.4. The van der Waals surface area contributed by atoms with Crippen molar-refractivity contribution in [1.82, 2.24) is 15.5 Å². The zero-order valence-corrected chi connectivity index (χ0v) is 12.9. The maximum atomic E-state index is 13.8. The van der Waals surface area contributed by atoms with E-state index in [9.17, 15) is 4.39 Å². The lowest BCUT2D eigenvalue weighted by molar-refractivity contribution is -0.0278. The predicted octanol–water partition coefficient (Wildman–Crippen LogP) is 3.46. The van der Waals surface area contributed by atoms with Gasteiger partial charge in [-0.05, 0) is 25.0 Å². The number of aromatic amines is 1. The quantitative estimate of drug-likeness (QED) is 0.886. The van der Waals surface area contributed by atoms with Crippen LogP contribution in [0.25, 0.3) is 0 Å². The average Bonchev–Trinajstić information content (AvgIpc) is 3.04. The molecule has 1 saturated heterocycles. The standard InChI is InChI=1S/C16H19ClFN3O/c17-14-4-3-11(15(18)6-14)7-19-8-12-2-1-5-22-16(12)13-9-20-21-10-13/h3-4,6,9-10,12,16,19H,1-2,5,7-8H2,(H,20,21)/t12-,16+/m0/s1. The van der Waals surface area contributed by atoms with Gasteiger partial charge in [0.25, 0.3) is 0 Å². The van der Waals surface area contributed by atoms with Crippen LogP contribution in [0.5, 0.6) is 0 Å². The molecule has 2 heterocycles. The maximum Gasteiger partial charge on any atom is 0.129 e. The molecule has 0 spiro atoms. The van der Waals surface area contributed by atoms with Crippen LogP contribution in [0.2, 0.25) is 5.02 Å².